The van der Waals surface area contributed by atoms with Gasteiger partial charge in [0.15, 0.2) is 20.2 Å². The molecule has 0 bridgehead atoms. The number of fused-ring (bicyclic) bond motifs is 1. The molecule has 4 aromatic rings. The molecule has 0 N–H and O–H groups in total. The van der Waals surface area contributed by atoms with Crippen molar-refractivity contribution in [3.05, 3.63) is 59.3 Å². The number of hydrogen-bond donors (Lipinski definition) is 0. The van der Waals surface area contributed by atoms with Crippen LogP contribution in [0.15, 0.2) is 30.6 Å². The molecular formula is C34H44F2N8O4Si. The summed E-state index contributed by atoms with van der Waals surface area (Å²) in [6.07, 6.45) is 2.29. The van der Waals surface area contributed by atoms with Crippen LogP contribution in [0.4, 0.5) is 13.6 Å². The van der Waals surface area contributed by atoms with Crippen LogP contribution in [0.2, 0.25) is 18.1 Å². The largest absolute Gasteiger partial charge is 0.466 e. The van der Waals surface area contributed by atoms with Crippen molar-refractivity contribution < 1.29 is 27.5 Å². The number of aromatic nitrogens is 6. The summed E-state index contributed by atoms with van der Waals surface area (Å²) in [5, 5.41) is 18.8. The van der Waals surface area contributed by atoms with Gasteiger partial charge in [-0.25, -0.2) is 23.2 Å². The van der Waals surface area contributed by atoms with Crippen LogP contribution in [0.3, 0.4) is 0 Å². The Hall–Kier alpha value is -4.42. The quantitative estimate of drug-likeness (QED) is 0.176. The summed E-state index contributed by atoms with van der Waals surface area (Å²) in [6, 6.07) is 6.37. The number of carbonyl (C=O) groups excluding carboxylic acids is 1. The number of imidazole rings is 1. The monoisotopic (exact) mass is 694 g/mol. The number of pyridine rings is 2. The summed E-state index contributed by atoms with van der Waals surface area (Å²) in [7, 11) is -2.34. The maximum absolute atomic E-state index is 15.2. The van der Waals surface area contributed by atoms with E-state index in [1.54, 1.807) is 17.0 Å². The number of amides is 1. The minimum absolute atomic E-state index is 0.0143. The van der Waals surface area contributed by atoms with Gasteiger partial charge >= 0.3 is 6.09 Å². The van der Waals surface area contributed by atoms with E-state index in [1.165, 1.54) is 10.6 Å². The maximum Gasteiger partial charge on any atom is 0.410 e. The lowest BCUT2D eigenvalue weighted by atomic mass is 10.0. The number of rotatable bonds is 8. The Labute approximate surface area is 286 Å². The highest BCUT2D eigenvalue weighted by atomic mass is 28.4. The first-order valence-electron chi connectivity index (χ1n) is 16.3. The molecule has 1 amide bonds. The third-order valence-corrected chi connectivity index (χ3v) is 13.7. The molecule has 0 aromatic carbocycles. The van der Waals surface area contributed by atoms with E-state index in [-0.39, 0.29) is 41.0 Å². The molecule has 5 rings (SSSR count). The first-order valence-corrected chi connectivity index (χ1v) is 19.2. The fourth-order valence-corrected chi connectivity index (χ4v) is 6.43. The van der Waals surface area contributed by atoms with Crippen molar-refractivity contribution in [2.24, 2.45) is 0 Å². The number of nitrogens with zero attached hydrogens (tertiary/aromatic N) is 8. The van der Waals surface area contributed by atoms with Gasteiger partial charge in [0.05, 0.1) is 30.7 Å². The van der Waals surface area contributed by atoms with Crippen molar-refractivity contribution in [1.29, 1.82) is 5.26 Å². The molecule has 1 aliphatic heterocycles. The van der Waals surface area contributed by atoms with E-state index in [0.29, 0.717) is 42.8 Å². The predicted octanol–water partition coefficient (Wildman–Crippen LogP) is 7.16. The second-order valence-corrected chi connectivity index (χ2v) is 19.7. The first-order chi connectivity index (χ1) is 22.9. The van der Waals surface area contributed by atoms with Crippen molar-refractivity contribution >= 4 is 20.1 Å². The number of hydrogen-bond acceptors (Lipinski definition) is 9. The molecule has 0 saturated carbocycles. The highest BCUT2D eigenvalue weighted by Crippen LogP contribution is 2.38. The van der Waals surface area contributed by atoms with Gasteiger partial charge in [0.1, 0.15) is 40.2 Å². The first kappa shape index (κ1) is 35.9. The number of carbonyl (C=O) groups is 1. The molecular weight excluding hydrogens is 651 g/mol. The summed E-state index contributed by atoms with van der Waals surface area (Å²) in [6.45, 7) is 18.8. The van der Waals surface area contributed by atoms with Crippen LogP contribution in [0, 0.1) is 29.9 Å². The van der Waals surface area contributed by atoms with Crippen molar-refractivity contribution in [3.8, 4) is 23.2 Å². The molecule has 262 valence electrons. The van der Waals surface area contributed by atoms with Gasteiger partial charge in [0.2, 0.25) is 5.88 Å². The summed E-state index contributed by atoms with van der Waals surface area (Å²) in [5.74, 6) is -1.51. The number of likely N-dealkylation sites (tertiary alicyclic amines) is 1. The van der Waals surface area contributed by atoms with Crippen LogP contribution in [-0.2, 0) is 9.16 Å². The van der Waals surface area contributed by atoms with Gasteiger partial charge < -0.3 is 18.8 Å². The summed E-state index contributed by atoms with van der Waals surface area (Å²) in [5.41, 5.74) is 1.89. The van der Waals surface area contributed by atoms with E-state index < -0.39 is 31.7 Å². The highest BCUT2D eigenvalue weighted by Gasteiger charge is 2.39. The number of ether oxygens (including phenoxy) is 2. The van der Waals surface area contributed by atoms with Gasteiger partial charge in [-0.15, -0.1) is 5.10 Å². The molecule has 1 saturated heterocycles. The fourth-order valence-electron chi connectivity index (χ4n) is 5.43. The predicted molar refractivity (Wildman–Crippen MR) is 180 cm³/mol. The zero-order chi connectivity index (χ0) is 35.9. The molecule has 15 heteroatoms. The highest BCUT2D eigenvalue weighted by molar-refractivity contribution is 6.74. The van der Waals surface area contributed by atoms with Crippen molar-refractivity contribution in [2.75, 3.05) is 19.7 Å². The standard InChI is InChI=1S/C34H44F2N8O4Si/c1-21-30(40-41-44(21)24-10-12-42(13-11-24)32(45)48-33(2,3)4)22-14-28-38-19-25(17-37)43(28)29(15-22)47-27(20-46-49(8,9)34(5,6)7)31-26(36)16-23(35)18-39-31/h14-16,18-19,24,27H,10-13,20H2,1-9H3. The zero-order valence-electron chi connectivity index (χ0n) is 29.5. The van der Waals surface area contributed by atoms with Gasteiger partial charge in [0, 0.05) is 30.8 Å². The van der Waals surface area contributed by atoms with Crippen LogP contribution in [0.25, 0.3) is 16.9 Å². The minimum atomic E-state index is -2.34. The van der Waals surface area contributed by atoms with Gasteiger partial charge in [-0.3, -0.25) is 9.38 Å². The topological polar surface area (TPSA) is 133 Å². The molecule has 5 heterocycles. The van der Waals surface area contributed by atoms with Gasteiger partial charge in [-0.05, 0) is 64.7 Å². The lowest BCUT2D eigenvalue weighted by Crippen LogP contribution is -2.42. The minimum Gasteiger partial charge on any atom is -0.466 e. The Morgan fingerprint density at radius 3 is 2.39 bits per heavy atom. The third-order valence-electron chi connectivity index (χ3n) is 9.16. The molecule has 0 spiro atoms. The Bertz CT molecular complexity index is 1880. The van der Waals surface area contributed by atoms with Crippen LogP contribution < -0.4 is 4.74 Å². The lowest BCUT2D eigenvalue weighted by Gasteiger charge is -2.37. The summed E-state index contributed by atoms with van der Waals surface area (Å²) >= 11 is 0. The number of piperidine rings is 1. The zero-order valence-corrected chi connectivity index (χ0v) is 30.5. The van der Waals surface area contributed by atoms with E-state index in [4.69, 9.17) is 13.9 Å². The normalized spacial score (nSPS) is 15.3. The molecule has 4 aromatic heterocycles. The molecule has 12 nitrogen and oxygen atoms in total. The van der Waals surface area contributed by atoms with Crippen molar-refractivity contribution in [3.63, 3.8) is 0 Å². The van der Waals surface area contributed by atoms with Gasteiger partial charge in [0.25, 0.3) is 0 Å². The summed E-state index contributed by atoms with van der Waals surface area (Å²) in [4.78, 5) is 22.8. The molecule has 1 aliphatic rings. The Balaban J connectivity index is 1.48. The van der Waals surface area contributed by atoms with E-state index >= 15 is 4.39 Å². The van der Waals surface area contributed by atoms with Gasteiger partial charge in [-0.2, -0.15) is 5.26 Å². The van der Waals surface area contributed by atoms with Crippen molar-refractivity contribution in [2.45, 2.75) is 97.2 Å². The lowest BCUT2D eigenvalue weighted by molar-refractivity contribution is 0.0183. The number of nitriles is 1. The smallest absolute Gasteiger partial charge is 0.410 e. The van der Waals surface area contributed by atoms with Crippen LogP contribution in [-0.4, -0.2) is 74.0 Å². The SMILES string of the molecule is Cc1c(-c2cc(OC(CO[Si](C)(C)C(C)(C)C)c3ncc(F)cc3F)n3c(C#N)cnc3c2)nnn1C1CCN(C(=O)OC(C)(C)C)CC1. The maximum atomic E-state index is 15.2. The molecule has 0 radical (unpaired) electrons. The molecule has 1 atom stereocenters. The summed E-state index contributed by atoms with van der Waals surface area (Å²) < 4.78 is 51.0. The van der Waals surface area contributed by atoms with E-state index in [2.05, 4.69) is 60.2 Å². The average molecular weight is 695 g/mol. The molecule has 1 unspecified atom stereocenters. The second-order valence-electron chi connectivity index (χ2n) is 14.9. The Kier molecular flexibility index (Phi) is 9.86. The van der Waals surface area contributed by atoms with E-state index in [1.807, 2.05) is 32.4 Å². The average Bonchev–Trinajstić information content (AvgIpc) is 3.61. The van der Waals surface area contributed by atoms with Gasteiger partial charge in [-0.1, -0.05) is 26.0 Å². The van der Waals surface area contributed by atoms with Crippen LogP contribution in [0.1, 0.15) is 83.6 Å². The van der Waals surface area contributed by atoms with Crippen LogP contribution in [0.5, 0.6) is 5.88 Å². The fraction of sp³-hybridized carbons (Fsp3) is 0.529. The molecule has 49 heavy (non-hydrogen) atoms. The second kappa shape index (κ2) is 13.5. The molecule has 0 aliphatic carbocycles. The Morgan fingerprint density at radius 1 is 1.08 bits per heavy atom. The number of halogens is 2. The third kappa shape index (κ3) is 7.75. The Morgan fingerprint density at radius 2 is 1.78 bits per heavy atom. The van der Waals surface area contributed by atoms with Crippen molar-refractivity contribution in [1.82, 2.24) is 34.3 Å². The van der Waals surface area contributed by atoms with Crippen LogP contribution >= 0.6 is 0 Å². The van der Waals surface area contributed by atoms with E-state index in [0.717, 1.165) is 18.0 Å². The molecule has 1 fully saturated rings. The van der Waals surface area contributed by atoms with E-state index in [9.17, 15) is 14.4 Å².